The Morgan fingerprint density at radius 2 is 1.93 bits per heavy atom. The van der Waals surface area contributed by atoms with E-state index in [-0.39, 0.29) is 9.92 Å². The minimum atomic E-state index is -3.72. The molecule has 0 amide bonds. The van der Waals surface area contributed by atoms with E-state index in [0.717, 1.165) is 16.4 Å². The maximum atomic E-state index is 13.2. The molecule has 0 aromatic heterocycles. The average Bonchev–Trinajstić information content (AvgIpc) is 2.02. The van der Waals surface area contributed by atoms with Gasteiger partial charge in [-0.25, -0.2) is 17.1 Å². The van der Waals surface area contributed by atoms with E-state index >= 15 is 0 Å². The topological polar surface area (TPSA) is 37.4 Å². The summed E-state index contributed by atoms with van der Waals surface area (Å²) in [5.41, 5.74) is 0. The highest BCUT2D eigenvalue weighted by atomic mass is 35.5. The van der Waals surface area contributed by atoms with Crippen LogP contribution >= 0.6 is 11.6 Å². The molecule has 78 valence electrons. The molecule has 0 atom stereocenters. The average molecular weight is 238 g/mol. The monoisotopic (exact) mass is 237 g/mol. The molecule has 0 bridgehead atoms. The van der Waals surface area contributed by atoms with Gasteiger partial charge in [-0.3, -0.25) is 0 Å². The van der Waals surface area contributed by atoms with Crippen molar-refractivity contribution in [3.05, 3.63) is 29.0 Å². The van der Waals surface area contributed by atoms with Crippen LogP contribution in [0, 0.1) is 5.82 Å². The highest BCUT2D eigenvalue weighted by Gasteiger charge is 2.21. The molecule has 0 unspecified atom stereocenters. The van der Waals surface area contributed by atoms with Crippen molar-refractivity contribution in [3.8, 4) is 0 Å². The first-order valence-corrected chi connectivity index (χ1v) is 5.55. The fraction of sp³-hybridized carbons (Fsp3) is 0.250. The summed E-state index contributed by atoms with van der Waals surface area (Å²) >= 11 is 5.50. The van der Waals surface area contributed by atoms with Gasteiger partial charge in [0.15, 0.2) is 0 Å². The fourth-order valence-electron chi connectivity index (χ4n) is 0.881. The van der Waals surface area contributed by atoms with Crippen LogP contribution in [0.2, 0.25) is 5.02 Å². The maximum absolute atomic E-state index is 13.2. The lowest BCUT2D eigenvalue weighted by molar-refractivity contribution is 0.508. The Kier molecular flexibility index (Phi) is 3.14. The second-order valence-corrected chi connectivity index (χ2v) is 5.42. The molecule has 0 spiro atoms. The third-order valence-corrected chi connectivity index (χ3v) is 3.74. The molecule has 6 heteroatoms. The Morgan fingerprint density at radius 3 is 2.36 bits per heavy atom. The molecule has 0 aliphatic rings. The predicted molar refractivity (Wildman–Crippen MR) is 52.3 cm³/mol. The van der Waals surface area contributed by atoms with Crippen LogP contribution in [0.4, 0.5) is 4.39 Å². The van der Waals surface area contributed by atoms with Gasteiger partial charge in [0.05, 0.1) is 0 Å². The van der Waals surface area contributed by atoms with Gasteiger partial charge in [0.2, 0.25) is 10.0 Å². The molecule has 1 aromatic rings. The molecule has 3 nitrogen and oxygen atoms in total. The van der Waals surface area contributed by atoms with Crippen molar-refractivity contribution >= 4 is 21.6 Å². The summed E-state index contributed by atoms with van der Waals surface area (Å²) in [4.78, 5) is -0.369. The number of hydrogen-bond acceptors (Lipinski definition) is 2. The van der Waals surface area contributed by atoms with Gasteiger partial charge in [-0.1, -0.05) is 11.6 Å². The van der Waals surface area contributed by atoms with Crippen molar-refractivity contribution in [2.45, 2.75) is 4.90 Å². The second-order valence-electron chi connectivity index (χ2n) is 2.86. The minimum Gasteiger partial charge on any atom is -0.207 e. The summed E-state index contributed by atoms with van der Waals surface area (Å²) in [7, 11) is -1.05. The molecular weight excluding hydrogens is 229 g/mol. The van der Waals surface area contributed by atoms with Gasteiger partial charge in [0.1, 0.15) is 10.7 Å². The van der Waals surface area contributed by atoms with Gasteiger partial charge in [-0.05, 0) is 18.2 Å². The van der Waals surface area contributed by atoms with E-state index < -0.39 is 15.8 Å². The third kappa shape index (κ3) is 2.05. The highest BCUT2D eigenvalue weighted by Crippen LogP contribution is 2.20. The first-order chi connectivity index (χ1) is 6.35. The van der Waals surface area contributed by atoms with E-state index in [1.54, 1.807) is 0 Å². The summed E-state index contributed by atoms with van der Waals surface area (Å²) in [6, 6.07) is 3.45. The highest BCUT2D eigenvalue weighted by molar-refractivity contribution is 7.89. The summed E-state index contributed by atoms with van der Waals surface area (Å²) in [5, 5.41) is 0.167. The molecule has 0 N–H and O–H groups in total. The lowest BCUT2D eigenvalue weighted by Gasteiger charge is -2.11. The zero-order valence-electron chi connectivity index (χ0n) is 7.66. The molecule has 0 aliphatic carbocycles. The predicted octanol–water partition coefficient (Wildman–Crippen LogP) is 1.73. The number of rotatable bonds is 2. The molecule has 1 aromatic carbocycles. The minimum absolute atomic E-state index is 0.167. The second kappa shape index (κ2) is 3.84. The van der Waals surface area contributed by atoms with Crippen LogP contribution in [0.25, 0.3) is 0 Å². The Morgan fingerprint density at radius 1 is 1.36 bits per heavy atom. The molecule has 0 saturated heterocycles. The standard InChI is InChI=1S/C8H9ClFNO2S/c1-11(2)14(12,13)8-4-3-6(9)5-7(8)10/h3-5H,1-2H3. The first-order valence-electron chi connectivity index (χ1n) is 3.73. The zero-order valence-corrected chi connectivity index (χ0v) is 9.23. The van der Waals surface area contributed by atoms with Gasteiger partial charge in [-0.15, -0.1) is 0 Å². The van der Waals surface area contributed by atoms with Crippen LogP contribution < -0.4 is 0 Å². The van der Waals surface area contributed by atoms with Crippen molar-refractivity contribution in [2.24, 2.45) is 0 Å². The maximum Gasteiger partial charge on any atom is 0.245 e. The summed E-state index contributed by atoms with van der Waals surface area (Å²) < 4.78 is 37.2. The molecule has 0 radical (unpaired) electrons. The molecule has 1 rings (SSSR count). The van der Waals surface area contributed by atoms with Gasteiger partial charge < -0.3 is 0 Å². The van der Waals surface area contributed by atoms with Crippen LogP contribution in [0.5, 0.6) is 0 Å². The van der Waals surface area contributed by atoms with E-state index in [9.17, 15) is 12.8 Å². The van der Waals surface area contributed by atoms with Crippen LogP contribution in [0.3, 0.4) is 0 Å². The van der Waals surface area contributed by atoms with Gasteiger partial charge in [-0.2, -0.15) is 0 Å². The summed E-state index contributed by atoms with van der Waals surface area (Å²) in [6.07, 6.45) is 0. The zero-order chi connectivity index (χ0) is 10.9. The molecule has 0 aliphatic heterocycles. The molecule has 0 saturated carbocycles. The van der Waals surface area contributed by atoms with Gasteiger partial charge >= 0.3 is 0 Å². The number of benzene rings is 1. The van der Waals surface area contributed by atoms with Crippen molar-refractivity contribution in [3.63, 3.8) is 0 Å². The lowest BCUT2D eigenvalue weighted by Crippen LogP contribution is -2.23. The SMILES string of the molecule is CN(C)S(=O)(=O)c1ccc(Cl)cc1F. The first kappa shape index (κ1) is 11.4. The molecule has 14 heavy (non-hydrogen) atoms. The van der Waals surface area contributed by atoms with Gasteiger partial charge in [0, 0.05) is 19.1 Å². The van der Waals surface area contributed by atoms with E-state index in [2.05, 4.69) is 0 Å². The smallest absolute Gasteiger partial charge is 0.207 e. The van der Waals surface area contributed by atoms with Crippen molar-refractivity contribution in [1.29, 1.82) is 0 Å². The van der Waals surface area contributed by atoms with Crippen molar-refractivity contribution in [1.82, 2.24) is 4.31 Å². The van der Waals surface area contributed by atoms with Crippen LogP contribution in [0.1, 0.15) is 0 Å². The van der Waals surface area contributed by atoms with Crippen LogP contribution in [-0.4, -0.2) is 26.8 Å². The normalized spacial score (nSPS) is 12.1. The molecule has 0 heterocycles. The van der Waals surface area contributed by atoms with Crippen molar-refractivity contribution < 1.29 is 12.8 Å². The molecular formula is C8H9ClFNO2S. The Bertz CT molecular complexity index is 445. The largest absolute Gasteiger partial charge is 0.245 e. The third-order valence-electron chi connectivity index (χ3n) is 1.65. The Hall–Kier alpha value is -0.650. The number of nitrogens with zero attached hydrogens (tertiary/aromatic N) is 1. The van der Waals surface area contributed by atoms with E-state index in [0.29, 0.717) is 0 Å². The van der Waals surface area contributed by atoms with Crippen LogP contribution in [0.15, 0.2) is 23.1 Å². The van der Waals surface area contributed by atoms with E-state index in [4.69, 9.17) is 11.6 Å². The number of halogens is 2. The molecule has 0 fully saturated rings. The van der Waals surface area contributed by atoms with E-state index in [1.165, 1.54) is 20.2 Å². The Balaban J connectivity index is 3.35. The summed E-state index contributed by atoms with van der Waals surface area (Å²) in [6.45, 7) is 0. The number of sulfonamides is 1. The number of hydrogen-bond donors (Lipinski definition) is 0. The fourth-order valence-corrected chi connectivity index (χ4v) is 1.98. The van der Waals surface area contributed by atoms with Crippen molar-refractivity contribution in [2.75, 3.05) is 14.1 Å². The van der Waals surface area contributed by atoms with E-state index in [1.807, 2.05) is 0 Å². The summed E-state index contributed by atoms with van der Waals surface area (Å²) in [5.74, 6) is -0.841. The van der Waals surface area contributed by atoms with Crippen LogP contribution in [-0.2, 0) is 10.0 Å². The Labute approximate surface area is 87.2 Å². The lowest BCUT2D eigenvalue weighted by atomic mass is 10.3. The van der Waals surface area contributed by atoms with Gasteiger partial charge in [0.25, 0.3) is 0 Å². The quantitative estimate of drug-likeness (QED) is 0.786.